The zero-order chi connectivity index (χ0) is 24.7. The van der Waals surface area contributed by atoms with Crippen molar-refractivity contribution >= 4 is 24.0 Å². The normalized spacial score (nSPS) is 20.4. The molecule has 9 heteroatoms. The average molecular weight is 442 g/mol. The first-order valence-corrected chi connectivity index (χ1v) is 10.5. The second-order valence-corrected chi connectivity index (χ2v) is 11.5. The van der Waals surface area contributed by atoms with E-state index in [1.807, 2.05) is 20.8 Å². The first kappa shape index (κ1) is 26.7. The number of alkyl carbamates (subject to hydrolysis) is 1. The molecule has 0 aromatic heterocycles. The first-order valence-electron chi connectivity index (χ1n) is 10.5. The molecule has 31 heavy (non-hydrogen) atoms. The Bertz CT molecular complexity index is 740. The molecule has 1 saturated heterocycles. The summed E-state index contributed by atoms with van der Waals surface area (Å²) < 4.78 is 10.8. The molecular weight excluding hydrogens is 402 g/mol. The standard InChI is InChI=1S/C22H39N3O6/c1-13(23-17(28)30-20(5,6)7)14(26)24-15(19(2,3)4)25(22(11,12)16(24)27)18(29)31-21(8,9)10/h13,15H,1-12H3,(H,23,28)/t13-,15-/m1/s1. The van der Waals surface area contributed by atoms with Gasteiger partial charge in [0.2, 0.25) is 0 Å². The van der Waals surface area contributed by atoms with Crippen molar-refractivity contribution < 1.29 is 28.7 Å². The zero-order valence-electron chi connectivity index (χ0n) is 21.0. The molecule has 1 N–H and O–H groups in total. The van der Waals surface area contributed by atoms with E-state index < -0.39 is 58.4 Å². The van der Waals surface area contributed by atoms with E-state index >= 15 is 0 Å². The van der Waals surface area contributed by atoms with Crippen LogP contribution in [-0.2, 0) is 19.1 Å². The van der Waals surface area contributed by atoms with Crippen LogP contribution in [0.1, 0.15) is 83.1 Å². The Morgan fingerprint density at radius 2 is 1.39 bits per heavy atom. The van der Waals surface area contributed by atoms with E-state index in [9.17, 15) is 19.2 Å². The number of carbonyl (C=O) groups excluding carboxylic acids is 4. The highest BCUT2D eigenvalue weighted by molar-refractivity contribution is 6.06. The van der Waals surface area contributed by atoms with Gasteiger partial charge >= 0.3 is 12.2 Å². The molecule has 1 aliphatic heterocycles. The number of ether oxygens (including phenoxy) is 2. The first-order chi connectivity index (χ1) is 13.6. The second-order valence-electron chi connectivity index (χ2n) is 11.5. The van der Waals surface area contributed by atoms with E-state index in [1.165, 1.54) is 11.8 Å². The van der Waals surface area contributed by atoms with Crippen molar-refractivity contribution in [3.8, 4) is 0 Å². The van der Waals surface area contributed by atoms with Gasteiger partial charge in [-0.15, -0.1) is 0 Å². The van der Waals surface area contributed by atoms with Crippen molar-refractivity contribution in [3.63, 3.8) is 0 Å². The number of amides is 4. The second kappa shape index (κ2) is 8.31. The minimum atomic E-state index is -1.32. The van der Waals surface area contributed by atoms with E-state index in [0.29, 0.717) is 0 Å². The van der Waals surface area contributed by atoms with Gasteiger partial charge in [0.15, 0.2) is 0 Å². The summed E-state index contributed by atoms with van der Waals surface area (Å²) in [7, 11) is 0. The van der Waals surface area contributed by atoms with Crippen LogP contribution < -0.4 is 5.32 Å². The lowest BCUT2D eigenvalue weighted by Gasteiger charge is -2.41. The van der Waals surface area contributed by atoms with Crippen molar-refractivity contribution in [2.24, 2.45) is 5.41 Å². The van der Waals surface area contributed by atoms with Gasteiger partial charge in [-0.25, -0.2) is 9.59 Å². The van der Waals surface area contributed by atoms with Gasteiger partial charge in [-0.1, -0.05) is 20.8 Å². The Morgan fingerprint density at radius 3 is 1.77 bits per heavy atom. The summed E-state index contributed by atoms with van der Waals surface area (Å²) in [5.41, 5.74) is -3.51. The van der Waals surface area contributed by atoms with Gasteiger partial charge < -0.3 is 14.8 Å². The Kier molecular flexibility index (Phi) is 7.17. The predicted octanol–water partition coefficient (Wildman–Crippen LogP) is 3.66. The van der Waals surface area contributed by atoms with Crippen molar-refractivity contribution in [3.05, 3.63) is 0 Å². The summed E-state index contributed by atoms with van der Waals surface area (Å²) in [5, 5.41) is 2.48. The molecule has 0 spiro atoms. The van der Waals surface area contributed by atoms with Gasteiger partial charge in [-0.3, -0.25) is 19.4 Å². The Morgan fingerprint density at radius 1 is 0.935 bits per heavy atom. The number of nitrogens with zero attached hydrogens (tertiary/aromatic N) is 2. The fraction of sp³-hybridized carbons (Fsp3) is 0.818. The molecule has 1 rings (SSSR count). The highest BCUT2D eigenvalue weighted by Crippen LogP contribution is 2.41. The van der Waals surface area contributed by atoms with E-state index in [-0.39, 0.29) is 0 Å². The van der Waals surface area contributed by atoms with Crippen LogP contribution in [0.25, 0.3) is 0 Å². The van der Waals surface area contributed by atoms with Crippen LogP contribution in [0.15, 0.2) is 0 Å². The summed E-state index contributed by atoms with van der Waals surface area (Å²) in [4.78, 5) is 54.2. The topological polar surface area (TPSA) is 105 Å². The summed E-state index contributed by atoms with van der Waals surface area (Å²) in [5.74, 6) is -1.17. The van der Waals surface area contributed by atoms with Crippen molar-refractivity contribution in [2.75, 3.05) is 0 Å². The van der Waals surface area contributed by atoms with Crippen LogP contribution in [0.5, 0.6) is 0 Å². The molecule has 0 aliphatic carbocycles. The largest absolute Gasteiger partial charge is 0.444 e. The van der Waals surface area contributed by atoms with Crippen LogP contribution >= 0.6 is 0 Å². The van der Waals surface area contributed by atoms with Gasteiger partial charge in [0.25, 0.3) is 11.8 Å². The molecule has 4 amide bonds. The van der Waals surface area contributed by atoms with Crippen LogP contribution in [-0.4, -0.2) is 62.7 Å². The van der Waals surface area contributed by atoms with Crippen molar-refractivity contribution in [1.82, 2.24) is 15.1 Å². The lowest BCUT2D eigenvalue weighted by molar-refractivity contribution is -0.148. The third-order valence-corrected chi connectivity index (χ3v) is 4.54. The smallest absolute Gasteiger partial charge is 0.412 e. The summed E-state index contributed by atoms with van der Waals surface area (Å²) in [6.45, 7) is 20.4. The molecule has 178 valence electrons. The van der Waals surface area contributed by atoms with Crippen molar-refractivity contribution in [1.29, 1.82) is 0 Å². The summed E-state index contributed by atoms with van der Waals surface area (Å²) in [6, 6.07) is -1.04. The molecule has 0 radical (unpaired) electrons. The maximum Gasteiger partial charge on any atom is 0.412 e. The molecule has 0 bridgehead atoms. The Balaban J connectivity index is 3.32. The molecule has 1 aliphatic rings. The molecule has 0 aromatic rings. The molecular formula is C22H39N3O6. The van der Waals surface area contributed by atoms with E-state index in [4.69, 9.17) is 9.47 Å². The summed E-state index contributed by atoms with van der Waals surface area (Å²) in [6.07, 6.45) is -2.36. The van der Waals surface area contributed by atoms with Gasteiger partial charge in [0.1, 0.15) is 28.9 Å². The fourth-order valence-electron chi connectivity index (χ4n) is 3.32. The third-order valence-electron chi connectivity index (χ3n) is 4.54. The average Bonchev–Trinajstić information content (AvgIpc) is 2.69. The highest BCUT2D eigenvalue weighted by Gasteiger charge is 2.60. The Labute approximate surface area is 185 Å². The quantitative estimate of drug-likeness (QED) is 0.701. The fourth-order valence-corrected chi connectivity index (χ4v) is 3.32. The summed E-state index contributed by atoms with van der Waals surface area (Å²) >= 11 is 0. The number of nitrogens with one attached hydrogen (secondary N) is 1. The number of carbonyl (C=O) groups is 4. The minimum Gasteiger partial charge on any atom is -0.444 e. The lowest BCUT2D eigenvalue weighted by Crippen LogP contribution is -2.58. The van der Waals surface area contributed by atoms with E-state index in [2.05, 4.69) is 5.32 Å². The molecule has 0 unspecified atom stereocenters. The number of hydrogen-bond acceptors (Lipinski definition) is 6. The predicted molar refractivity (Wildman–Crippen MR) is 116 cm³/mol. The Hall–Kier alpha value is -2.32. The maximum atomic E-state index is 13.3. The van der Waals surface area contributed by atoms with E-state index in [0.717, 1.165) is 4.90 Å². The molecule has 0 saturated carbocycles. The van der Waals surface area contributed by atoms with Crippen molar-refractivity contribution in [2.45, 2.75) is 112 Å². The van der Waals surface area contributed by atoms with Gasteiger partial charge in [-0.05, 0) is 62.3 Å². The number of rotatable bonds is 2. The van der Waals surface area contributed by atoms with Crippen LogP contribution in [0.3, 0.4) is 0 Å². The SMILES string of the molecule is C[C@@H](NC(=O)OC(C)(C)C)C(=O)N1C(=O)C(C)(C)N(C(=O)OC(C)(C)C)[C@@H]1C(C)(C)C. The monoisotopic (exact) mass is 441 g/mol. The zero-order valence-corrected chi connectivity index (χ0v) is 21.0. The maximum absolute atomic E-state index is 13.3. The molecule has 1 fully saturated rings. The highest BCUT2D eigenvalue weighted by atomic mass is 16.6. The van der Waals surface area contributed by atoms with Gasteiger partial charge in [0, 0.05) is 5.41 Å². The molecule has 2 atom stereocenters. The molecule has 9 nitrogen and oxygen atoms in total. The van der Waals surface area contributed by atoms with Crippen LogP contribution in [0.2, 0.25) is 0 Å². The lowest BCUT2D eigenvalue weighted by atomic mass is 9.90. The van der Waals surface area contributed by atoms with Crippen LogP contribution in [0.4, 0.5) is 9.59 Å². The van der Waals surface area contributed by atoms with Gasteiger partial charge in [0.05, 0.1) is 0 Å². The van der Waals surface area contributed by atoms with Crippen LogP contribution in [0, 0.1) is 5.41 Å². The van der Waals surface area contributed by atoms with E-state index in [1.54, 1.807) is 55.4 Å². The third kappa shape index (κ3) is 6.33. The molecule has 0 aromatic carbocycles. The number of hydrogen-bond donors (Lipinski definition) is 1. The molecule has 1 heterocycles. The minimum absolute atomic E-state index is 0.541. The van der Waals surface area contributed by atoms with Gasteiger partial charge in [-0.2, -0.15) is 0 Å². The number of imide groups is 1.